The van der Waals surface area contributed by atoms with E-state index < -0.39 is 0 Å². The summed E-state index contributed by atoms with van der Waals surface area (Å²) < 4.78 is 45.1. The Hall–Kier alpha value is -7.94. The van der Waals surface area contributed by atoms with Gasteiger partial charge in [-0.1, -0.05) is 188 Å². The summed E-state index contributed by atoms with van der Waals surface area (Å²) in [6.45, 7) is 0. The average molecular weight is 770 g/mol. The first-order valence-electron chi connectivity index (χ1n) is 22.2. The van der Waals surface area contributed by atoms with Gasteiger partial charge in [0, 0.05) is 33.1 Å². The second-order valence-corrected chi connectivity index (χ2v) is 15.0. The monoisotopic (exact) mass is 769 g/mol. The Morgan fingerprint density at radius 2 is 0.883 bits per heavy atom. The number of nitrogens with zero attached hydrogens (tertiary/aromatic N) is 1. The second kappa shape index (κ2) is 15.1. The third-order valence-corrected chi connectivity index (χ3v) is 11.4. The molecule has 11 aromatic rings. The van der Waals surface area contributed by atoms with Crippen LogP contribution in [0.25, 0.3) is 88.3 Å². The highest BCUT2D eigenvalue weighted by Gasteiger charge is 2.21. The molecule has 10 aromatic carbocycles. The summed E-state index contributed by atoms with van der Waals surface area (Å²) in [5, 5.41) is 4.07. The van der Waals surface area contributed by atoms with Crippen LogP contribution in [0.1, 0.15) is 5.48 Å². The highest BCUT2D eigenvalue weighted by molar-refractivity contribution is 6.19. The van der Waals surface area contributed by atoms with Gasteiger partial charge in [-0.15, -0.1) is 0 Å². The van der Waals surface area contributed by atoms with Gasteiger partial charge in [0.2, 0.25) is 0 Å². The van der Waals surface area contributed by atoms with E-state index in [9.17, 15) is 5.48 Å². The van der Waals surface area contributed by atoms with E-state index in [0.717, 1.165) is 77.2 Å². The van der Waals surface area contributed by atoms with E-state index in [1.165, 1.54) is 0 Å². The molecule has 1 aromatic heterocycles. The van der Waals surface area contributed by atoms with Crippen molar-refractivity contribution in [2.24, 2.45) is 0 Å². The summed E-state index contributed by atoms with van der Waals surface area (Å²) in [6, 6.07) is 70.7. The van der Waals surface area contributed by atoms with Gasteiger partial charge in [0.15, 0.2) is 0 Å². The lowest BCUT2D eigenvalue weighted by Crippen LogP contribution is -2.11. The van der Waals surface area contributed by atoms with E-state index in [4.69, 9.17) is 4.42 Å². The van der Waals surface area contributed by atoms with E-state index in [0.29, 0.717) is 16.9 Å². The minimum atomic E-state index is -0.143. The molecule has 0 atom stereocenters. The summed E-state index contributed by atoms with van der Waals surface area (Å²) in [4.78, 5) is 1.89. The molecule has 0 saturated carbocycles. The van der Waals surface area contributed by atoms with E-state index in [-0.39, 0.29) is 35.4 Å². The molecule has 1 heterocycles. The Kier molecular flexibility index (Phi) is 7.83. The van der Waals surface area contributed by atoms with Gasteiger partial charge in [-0.25, -0.2) is 0 Å². The van der Waals surface area contributed by atoms with Crippen LogP contribution in [0.4, 0.5) is 17.1 Å². The molecule has 0 unspecified atom stereocenters. The number of para-hydroxylation sites is 1. The third-order valence-electron chi connectivity index (χ3n) is 11.4. The molecule has 282 valence electrons. The second-order valence-electron chi connectivity index (χ2n) is 15.0. The Morgan fingerprint density at radius 1 is 0.350 bits per heavy atom. The van der Waals surface area contributed by atoms with Crippen molar-refractivity contribution in [2.75, 3.05) is 4.90 Å². The van der Waals surface area contributed by atoms with Crippen molar-refractivity contribution >= 4 is 49.8 Å². The third kappa shape index (κ3) is 6.41. The van der Waals surface area contributed by atoms with Crippen LogP contribution in [0.3, 0.4) is 0 Å². The first-order chi connectivity index (χ1) is 31.4. The van der Waals surface area contributed by atoms with Gasteiger partial charge >= 0.3 is 0 Å². The molecule has 0 amide bonds. The van der Waals surface area contributed by atoms with Crippen LogP contribution in [0, 0.1) is 0 Å². The van der Waals surface area contributed by atoms with Gasteiger partial charge in [-0.3, -0.25) is 0 Å². The molecule has 0 fully saturated rings. The maximum absolute atomic E-state index is 9.73. The van der Waals surface area contributed by atoms with Gasteiger partial charge in [-0.2, -0.15) is 0 Å². The largest absolute Gasteiger partial charge is 0.455 e. The van der Waals surface area contributed by atoms with Crippen LogP contribution < -0.4 is 4.90 Å². The lowest BCUT2D eigenvalue weighted by Gasteiger charge is -2.28. The van der Waals surface area contributed by atoms with E-state index in [1.54, 1.807) is 0 Å². The van der Waals surface area contributed by atoms with Crippen molar-refractivity contribution in [3.05, 3.63) is 236 Å². The van der Waals surface area contributed by atoms with Gasteiger partial charge in [0.1, 0.15) is 11.2 Å². The average Bonchev–Trinajstić information content (AvgIpc) is 3.76. The van der Waals surface area contributed by atoms with Crippen LogP contribution in [-0.2, 0) is 0 Å². The molecular formula is C58H39NO. The minimum absolute atomic E-state index is 0.116. The summed E-state index contributed by atoms with van der Waals surface area (Å²) >= 11 is 0. The SMILES string of the molecule is [2H]c1c([2H])c(N(c2ccc(-c3cccc(-c4ccccc4)c3)cc2)c2ccccc2-c2cccc3oc4c5ccccc5ccc4c23)c([2H])c([2H])c1-c1ccc(-c2ccccc2)cc1. The number of hydrogen-bond acceptors (Lipinski definition) is 2. The fourth-order valence-corrected chi connectivity index (χ4v) is 8.40. The highest BCUT2D eigenvalue weighted by Crippen LogP contribution is 2.46. The molecule has 0 aliphatic rings. The quantitative estimate of drug-likeness (QED) is 0.153. The molecule has 11 rings (SSSR count). The maximum Gasteiger partial charge on any atom is 0.143 e. The molecule has 2 nitrogen and oxygen atoms in total. The molecule has 0 radical (unpaired) electrons. The molecule has 0 spiro atoms. The van der Waals surface area contributed by atoms with E-state index in [1.807, 2.05) is 132 Å². The zero-order valence-corrected chi connectivity index (χ0v) is 32.6. The molecule has 0 saturated heterocycles. The first kappa shape index (κ1) is 31.1. The van der Waals surface area contributed by atoms with Crippen molar-refractivity contribution < 1.29 is 9.90 Å². The zero-order valence-electron chi connectivity index (χ0n) is 36.6. The predicted octanol–water partition coefficient (Wildman–Crippen LogP) is 16.5. The molecule has 2 heteroatoms. The van der Waals surface area contributed by atoms with Crippen molar-refractivity contribution in [1.29, 1.82) is 0 Å². The highest BCUT2D eigenvalue weighted by atomic mass is 16.3. The topological polar surface area (TPSA) is 16.4 Å². The number of benzene rings is 10. The van der Waals surface area contributed by atoms with Crippen LogP contribution >= 0.6 is 0 Å². The summed E-state index contributed by atoms with van der Waals surface area (Å²) in [5.41, 5.74) is 12.1. The first-order valence-corrected chi connectivity index (χ1v) is 20.2. The molecule has 0 bridgehead atoms. The van der Waals surface area contributed by atoms with Crippen molar-refractivity contribution in [2.45, 2.75) is 0 Å². The standard InChI is InChI=1S/C58H39NO/c1-3-13-40(14-4-1)42-25-27-43(28-26-42)44-29-34-49(35-30-44)59(50-36-31-45(32-37-50)48-19-11-18-47(39-48)41-15-5-2-6-16-41)55-23-10-9-21-52(55)53-22-12-24-56-57(53)54-38-33-46-17-7-8-20-51(46)58(54)60-56/h1-39H/i29D,30D,34D,35D. The Bertz CT molecular complexity index is 3500. The number of furan rings is 1. The molecule has 60 heavy (non-hydrogen) atoms. The number of rotatable bonds is 8. The van der Waals surface area contributed by atoms with Crippen molar-refractivity contribution in [3.8, 4) is 55.6 Å². The van der Waals surface area contributed by atoms with Crippen LogP contribution in [-0.4, -0.2) is 0 Å². The molecule has 0 aliphatic carbocycles. The fourth-order valence-electron chi connectivity index (χ4n) is 8.40. The smallest absolute Gasteiger partial charge is 0.143 e. The normalized spacial score (nSPS) is 12.3. The van der Waals surface area contributed by atoms with Crippen LogP contribution in [0.5, 0.6) is 0 Å². The van der Waals surface area contributed by atoms with Gasteiger partial charge in [-0.05, 0) is 104 Å². The zero-order chi connectivity index (χ0) is 43.3. The number of hydrogen-bond donors (Lipinski definition) is 0. The number of anilines is 3. The summed E-state index contributed by atoms with van der Waals surface area (Å²) in [6.07, 6.45) is 0. The Balaban J connectivity index is 1.10. The Morgan fingerprint density at radius 3 is 1.62 bits per heavy atom. The van der Waals surface area contributed by atoms with E-state index >= 15 is 0 Å². The van der Waals surface area contributed by atoms with Gasteiger partial charge in [0.25, 0.3) is 0 Å². The molecule has 0 N–H and O–H groups in total. The Labute approximate surface area is 355 Å². The molecular weight excluding hydrogens is 727 g/mol. The fraction of sp³-hybridized carbons (Fsp3) is 0. The van der Waals surface area contributed by atoms with E-state index in [2.05, 4.69) is 84.9 Å². The van der Waals surface area contributed by atoms with Gasteiger partial charge < -0.3 is 9.32 Å². The van der Waals surface area contributed by atoms with Crippen molar-refractivity contribution in [3.63, 3.8) is 0 Å². The minimum Gasteiger partial charge on any atom is -0.455 e. The van der Waals surface area contributed by atoms with Crippen molar-refractivity contribution in [1.82, 2.24) is 0 Å². The van der Waals surface area contributed by atoms with Crippen LogP contribution in [0.15, 0.2) is 241 Å². The lowest BCUT2D eigenvalue weighted by atomic mass is 9.95. The predicted molar refractivity (Wildman–Crippen MR) is 253 cm³/mol. The molecule has 0 aliphatic heterocycles. The summed E-state index contributed by atoms with van der Waals surface area (Å²) in [5.74, 6) is 0. The number of fused-ring (bicyclic) bond motifs is 5. The maximum atomic E-state index is 9.73. The summed E-state index contributed by atoms with van der Waals surface area (Å²) in [7, 11) is 0. The van der Waals surface area contributed by atoms with Gasteiger partial charge in [0.05, 0.1) is 11.2 Å². The van der Waals surface area contributed by atoms with Crippen LogP contribution in [0.2, 0.25) is 0 Å². The lowest BCUT2D eigenvalue weighted by molar-refractivity contribution is 0.673.